The van der Waals surface area contributed by atoms with Crippen LogP contribution in [0, 0.1) is 17.8 Å². The van der Waals surface area contributed by atoms with Gasteiger partial charge in [-0.25, -0.2) is 0 Å². The molecule has 1 amide bonds. The fourth-order valence-electron chi connectivity index (χ4n) is 3.77. The van der Waals surface area contributed by atoms with E-state index in [0.29, 0.717) is 42.9 Å². The van der Waals surface area contributed by atoms with Crippen LogP contribution >= 0.6 is 12.4 Å². The number of nitrogens with one attached hydrogen (secondary N) is 1. The lowest BCUT2D eigenvalue weighted by Crippen LogP contribution is -2.53. The molecule has 0 aromatic rings. The predicted molar refractivity (Wildman–Crippen MR) is 87.5 cm³/mol. The average Bonchev–Trinajstić information content (AvgIpc) is 2.35. The number of hydrogen-bond acceptors (Lipinski definition) is 3. The minimum absolute atomic E-state index is 0. The number of amides is 1. The van der Waals surface area contributed by atoms with Gasteiger partial charge in [0.05, 0.1) is 6.61 Å². The Morgan fingerprint density at radius 1 is 1.29 bits per heavy atom. The molecule has 2 unspecified atom stereocenters. The van der Waals surface area contributed by atoms with Crippen molar-refractivity contribution in [2.45, 2.75) is 64.5 Å². The molecule has 2 bridgehead atoms. The summed E-state index contributed by atoms with van der Waals surface area (Å²) in [5.41, 5.74) is 6.11. The molecule has 0 radical (unpaired) electrons. The maximum Gasteiger partial charge on any atom is 0.222 e. The monoisotopic (exact) mass is 318 g/mol. The number of ether oxygens (including phenoxy) is 1. The Bertz CT molecular complexity index is 311. The number of nitrogens with two attached hydrogens (primary N) is 1. The molecule has 0 aromatic heterocycles. The van der Waals surface area contributed by atoms with Crippen molar-refractivity contribution in [1.82, 2.24) is 5.32 Å². The Morgan fingerprint density at radius 3 is 2.48 bits per heavy atom. The van der Waals surface area contributed by atoms with Crippen molar-refractivity contribution in [3.05, 3.63) is 0 Å². The van der Waals surface area contributed by atoms with E-state index in [1.165, 1.54) is 19.3 Å². The van der Waals surface area contributed by atoms with Crippen molar-refractivity contribution >= 4 is 18.3 Å². The van der Waals surface area contributed by atoms with Gasteiger partial charge >= 0.3 is 0 Å². The van der Waals surface area contributed by atoms with Gasteiger partial charge in [-0.3, -0.25) is 4.79 Å². The van der Waals surface area contributed by atoms with Crippen LogP contribution in [0.25, 0.3) is 0 Å². The summed E-state index contributed by atoms with van der Waals surface area (Å²) in [5, 5.41) is 3.26. The molecule has 2 aliphatic rings. The lowest BCUT2D eigenvalue weighted by Gasteiger charge is -2.45. The Balaban J connectivity index is 0.00000220. The highest BCUT2D eigenvalue weighted by Crippen LogP contribution is 2.39. The standard InChI is InChI=1S/C16H30N2O2.ClH/c1-11(2)10-20-7-6-15(19)18-16-12-4-3-5-13(16)9-14(17)8-12;/h11-14,16H,3-10,17H2,1-2H3,(H,18,19);1H. The lowest BCUT2D eigenvalue weighted by molar-refractivity contribution is -0.124. The van der Waals surface area contributed by atoms with Gasteiger partial charge < -0.3 is 15.8 Å². The average molecular weight is 319 g/mol. The second kappa shape index (κ2) is 8.96. The zero-order valence-corrected chi connectivity index (χ0v) is 14.2. The van der Waals surface area contributed by atoms with Gasteiger partial charge in [0.25, 0.3) is 0 Å². The number of halogens is 1. The van der Waals surface area contributed by atoms with Crippen molar-refractivity contribution in [1.29, 1.82) is 0 Å². The minimum Gasteiger partial charge on any atom is -0.381 e. The van der Waals surface area contributed by atoms with E-state index in [1.54, 1.807) is 0 Å². The normalized spacial score (nSPS) is 31.6. The molecule has 0 saturated heterocycles. The van der Waals surface area contributed by atoms with E-state index in [-0.39, 0.29) is 18.3 Å². The fraction of sp³-hybridized carbons (Fsp3) is 0.938. The second-order valence-electron chi connectivity index (χ2n) is 6.99. The van der Waals surface area contributed by atoms with E-state index in [9.17, 15) is 4.79 Å². The third-order valence-electron chi connectivity index (χ3n) is 4.63. The van der Waals surface area contributed by atoms with Gasteiger partial charge in [0.15, 0.2) is 0 Å². The second-order valence-corrected chi connectivity index (χ2v) is 6.99. The summed E-state index contributed by atoms with van der Waals surface area (Å²) in [6.45, 7) is 5.50. The van der Waals surface area contributed by atoms with E-state index in [2.05, 4.69) is 19.2 Å². The summed E-state index contributed by atoms with van der Waals surface area (Å²) < 4.78 is 5.49. The Morgan fingerprint density at radius 2 is 1.90 bits per heavy atom. The molecule has 5 heteroatoms. The van der Waals surface area contributed by atoms with Crippen LogP contribution in [0.2, 0.25) is 0 Å². The van der Waals surface area contributed by atoms with Crippen molar-refractivity contribution in [3.8, 4) is 0 Å². The topological polar surface area (TPSA) is 64.3 Å². The van der Waals surface area contributed by atoms with Gasteiger partial charge in [-0.05, 0) is 43.4 Å². The van der Waals surface area contributed by atoms with Crippen LogP contribution in [0.15, 0.2) is 0 Å². The molecule has 2 atom stereocenters. The molecule has 124 valence electrons. The number of carbonyl (C=O) groups excluding carboxylic acids is 1. The van der Waals surface area contributed by atoms with Gasteiger partial charge in [-0.15, -0.1) is 12.4 Å². The summed E-state index contributed by atoms with van der Waals surface area (Å²) in [4.78, 5) is 12.0. The zero-order valence-electron chi connectivity index (χ0n) is 13.3. The van der Waals surface area contributed by atoms with Crippen LogP contribution in [-0.4, -0.2) is 31.2 Å². The maximum absolute atomic E-state index is 12.0. The first kappa shape index (κ1) is 18.7. The minimum atomic E-state index is 0. The highest BCUT2D eigenvalue weighted by atomic mass is 35.5. The van der Waals surface area contributed by atoms with E-state index >= 15 is 0 Å². The number of fused-ring (bicyclic) bond motifs is 2. The van der Waals surface area contributed by atoms with E-state index < -0.39 is 0 Å². The summed E-state index contributed by atoms with van der Waals surface area (Å²) in [6.07, 6.45) is 6.37. The Hall–Kier alpha value is -0.320. The third kappa shape index (κ3) is 5.76. The summed E-state index contributed by atoms with van der Waals surface area (Å²) in [5.74, 6) is 1.86. The zero-order chi connectivity index (χ0) is 14.5. The molecule has 2 rings (SSSR count). The van der Waals surface area contributed by atoms with Crippen LogP contribution in [0.5, 0.6) is 0 Å². The molecular weight excluding hydrogens is 288 g/mol. The van der Waals surface area contributed by atoms with Crippen LogP contribution in [0.3, 0.4) is 0 Å². The first-order chi connectivity index (χ1) is 9.56. The van der Waals surface area contributed by atoms with Gasteiger partial charge in [0.2, 0.25) is 5.91 Å². The van der Waals surface area contributed by atoms with Crippen LogP contribution in [0.1, 0.15) is 52.4 Å². The van der Waals surface area contributed by atoms with Crippen LogP contribution in [0.4, 0.5) is 0 Å². The van der Waals surface area contributed by atoms with Crippen LogP contribution in [-0.2, 0) is 9.53 Å². The maximum atomic E-state index is 12.0. The van der Waals surface area contributed by atoms with Gasteiger partial charge in [0, 0.05) is 25.1 Å². The fourth-order valence-corrected chi connectivity index (χ4v) is 3.77. The molecule has 0 aliphatic heterocycles. The van der Waals surface area contributed by atoms with E-state index in [4.69, 9.17) is 10.5 Å². The predicted octanol–water partition coefficient (Wildman–Crippen LogP) is 2.49. The quantitative estimate of drug-likeness (QED) is 0.740. The SMILES string of the molecule is CC(C)COCCC(=O)NC1C2CCCC1CC(N)C2.Cl. The largest absolute Gasteiger partial charge is 0.381 e. The van der Waals surface area contributed by atoms with Crippen molar-refractivity contribution in [3.63, 3.8) is 0 Å². The first-order valence-corrected chi connectivity index (χ1v) is 8.19. The van der Waals surface area contributed by atoms with E-state index in [1.807, 2.05) is 0 Å². The molecular formula is C16H31ClN2O2. The van der Waals surface area contributed by atoms with Crippen molar-refractivity contribution < 1.29 is 9.53 Å². The number of hydrogen-bond donors (Lipinski definition) is 2. The molecule has 0 spiro atoms. The molecule has 0 heterocycles. The summed E-state index contributed by atoms with van der Waals surface area (Å²) in [7, 11) is 0. The third-order valence-corrected chi connectivity index (χ3v) is 4.63. The highest BCUT2D eigenvalue weighted by molar-refractivity contribution is 5.85. The number of rotatable bonds is 6. The Kier molecular flexibility index (Phi) is 7.99. The molecule has 2 saturated carbocycles. The van der Waals surface area contributed by atoms with Gasteiger partial charge in [-0.1, -0.05) is 20.3 Å². The lowest BCUT2D eigenvalue weighted by atomic mass is 9.67. The Labute approximate surface area is 135 Å². The molecule has 2 fully saturated rings. The van der Waals surface area contributed by atoms with Crippen molar-refractivity contribution in [2.75, 3.05) is 13.2 Å². The molecule has 21 heavy (non-hydrogen) atoms. The van der Waals surface area contributed by atoms with Gasteiger partial charge in [0.1, 0.15) is 0 Å². The van der Waals surface area contributed by atoms with Crippen LogP contribution < -0.4 is 11.1 Å². The highest BCUT2D eigenvalue weighted by Gasteiger charge is 2.39. The number of carbonyl (C=O) groups is 1. The van der Waals surface area contributed by atoms with Crippen molar-refractivity contribution in [2.24, 2.45) is 23.5 Å². The molecule has 4 nitrogen and oxygen atoms in total. The summed E-state index contributed by atoms with van der Waals surface area (Å²) >= 11 is 0. The smallest absolute Gasteiger partial charge is 0.222 e. The molecule has 3 N–H and O–H groups in total. The molecule has 2 aliphatic carbocycles. The first-order valence-electron chi connectivity index (χ1n) is 8.19. The van der Waals surface area contributed by atoms with Gasteiger partial charge in [-0.2, -0.15) is 0 Å². The van der Waals surface area contributed by atoms with E-state index in [0.717, 1.165) is 19.4 Å². The molecule has 0 aromatic carbocycles. The summed E-state index contributed by atoms with van der Waals surface area (Å²) in [6, 6.07) is 0.703.